The molecular weight excluding hydrogens is 394 g/mol. The SMILES string of the molecule is Cc1cc(Br)c(S(=O)(=O)NC2CC=CCC2)cc1Br. The largest absolute Gasteiger partial charge is 0.241 e. The molecule has 104 valence electrons. The normalized spacial score (nSPS) is 19.6. The van der Waals surface area contributed by atoms with Gasteiger partial charge in [-0.3, -0.25) is 0 Å². The molecule has 0 saturated heterocycles. The summed E-state index contributed by atoms with van der Waals surface area (Å²) in [5.74, 6) is 0. The lowest BCUT2D eigenvalue weighted by Gasteiger charge is -2.20. The fourth-order valence-corrected chi connectivity index (χ4v) is 4.98. The monoisotopic (exact) mass is 407 g/mol. The topological polar surface area (TPSA) is 46.2 Å². The lowest BCUT2D eigenvalue weighted by Crippen LogP contribution is -2.35. The van der Waals surface area contributed by atoms with Gasteiger partial charge in [0.05, 0.1) is 4.90 Å². The van der Waals surface area contributed by atoms with Crippen LogP contribution in [0.3, 0.4) is 0 Å². The Morgan fingerprint density at radius 3 is 2.58 bits per heavy atom. The minimum atomic E-state index is -3.49. The molecule has 0 fully saturated rings. The molecule has 0 bridgehead atoms. The number of halogens is 2. The van der Waals surface area contributed by atoms with Gasteiger partial charge in [0, 0.05) is 15.0 Å². The van der Waals surface area contributed by atoms with E-state index in [-0.39, 0.29) is 10.9 Å². The van der Waals surface area contributed by atoms with Gasteiger partial charge in [-0.25, -0.2) is 13.1 Å². The Hall–Kier alpha value is -0.170. The van der Waals surface area contributed by atoms with E-state index in [2.05, 4.69) is 42.7 Å². The van der Waals surface area contributed by atoms with E-state index < -0.39 is 10.0 Å². The van der Waals surface area contributed by atoms with Crippen molar-refractivity contribution in [1.29, 1.82) is 0 Å². The van der Waals surface area contributed by atoms with Gasteiger partial charge >= 0.3 is 0 Å². The highest BCUT2D eigenvalue weighted by atomic mass is 79.9. The highest BCUT2D eigenvalue weighted by Gasteiger charge is 2.23. The summed E-state index contributed by atoms with van der Waals surface area (Å²) in [6, 6.07) is 3.43. The second kappa shape index (κ2) is 6.08. The van der Waals surface area contributed by atoms with Crippen LogP contribution in [0, 0.1) is 6.92 Å². The molecule has 1 aromatic rings. The fraction of sp³-hybridized carbons (Fsp3) is 0.385. The van der Waals surface area contributed by atoms with Crippen molar-refractivity contribution in [3.63, 3.8) is 0 Å². The first-order chi connectivity index (χ1) is 8.90. The van der Waals surface area contributed by atoms with Crippen LogP contribution in [0.4, 0.5) is 0 Å². The van der Waals surface area contributed by atoms with Crippen LogP contribution in [0.2, 0.25) is 0 Å². The lowest BCUT2D eigenvalue weighted by atomic mass is 10.0. The number of nitrogens with one attached hydrogen (secondary N) is 1. The molecule has 1 aromatic carbocycles. The predicted octanol–water partition coefficient (Wildman–Crippen LogP) is 3.91. The Kier molecular flexibility index (Phi) is 4.87. The zero-order chi connectivity index (χ0) is 14.0. The van der Waals surface area contributed by atoms with Crippen molar-refractivity contribution in [2.24, 2.45) is 0 Å². The van der Waals surface area contributed by atoms with Crippen molar-refractivity contribution in [2.75, 3.05) is 0 Å². The summed E-state index contributed by atoms with van der Waals surface area (Å²) < 4.78 is 28.9. The number of aryl methyl sites for hydroxylation is 1. The summed E-state index contributed by atoms with van der Waals surface area (Å²) in [4.78, 5) is 0.277. The molecule has 1 aliphatic carbocycles. The van der Waals surface area contributed by atoms with Gasteiger partial charge in [0.1, 0.15) is 0 Å². The van der Waals surface area contributed by atoms with Gasteiger partial charge in [-0.15, -0.1) is 0 Å². The second-order valence-electron chi connectivity index (χ2n) is 4.63. The molecule has 0 heterocycles. The summed E-state index contributed by atoms with van der Waals surface area (Å²) >= 11 is 6.70. The van der Waals surface area contributed by atoms with E-state index in [1.54, 1.807) is 12.1 Å². The van der Waals surface area contributed by atoms with Crippen molar-refractivity contribution in [1.82, 2.24) is 4.72 Å². The highest BCUT2D eigenvalue weighted by molar-refractivity contribution is 9.11. The van der Waals surface area contributed by atoms with Crippen LogP contribution in [0.5, 0.6) is 0 Å². The molecule has 0 aliphatic heterocycles. The molecule has 0 amide bonds. The van der Waals surface area contributed by atoms with Gasteiger partial charge in [-0.2, -0.15) is 0 Å². The Bertz CT molecular complexity index is 611. The third-order valence-corrected chi connectivity index (χ3v) is 6.43. The Morgan fingerprint density at radius 1 is 1.21 bits per heavy atom. The molecule has 1 atom stereocenters. The van der Waals surface area contributed by atoms with Crippen LogP contribution >= 0.6 is 31.9 Å². The van der Waals surface area contributed by atoms with Crippen molar-refractivity contribution < 1.29 is 8.42 Å². The predicted molar refractivity (Wildman–Crippen MR) is 83.7 cm³/mol. The third-order valence-electron chi connectivity index (χ3n) is 3.09. The minimum Gasteiger partial charge on any atom is -0.208 e. The highest BCUT2D eigenvalue weighted by Crippen LogP contribution is 2.29. The van der Waals surface area contributed by atoms with E-state index in [9.17, 15) is 8.42 Å². The van der Waals surface area contributed by atoms with Gasteiger partial charge in [0.15, 0.2) is 0 Å². The maximum atomic E-state index is 12.4. The second-order valence-corrected chi connectivity index (χ2v) is 8.03. The Labute approximate surface area is 130 Å². The summed E-state index contributed by atoms with van der Waals surface area (Å²) in [7, 11) is -3.49. The third kappa shape index (κ3) is 3.68. The standard InChI is InChI=1S/C13H15Br2NO2S/c1-9-7-12(15)13(8-11(9)14)19(17,18)16-10-5-3-2-4-6-10/h2-3,7-8,10,16H,4-6H2,1H3. The smallest absolute Gasteiger partial charge is 0.208 e. The number of benzene rings is 1. The van der Waals surface area contributed by atoms with E-state index in [4.69, 9.17) is 0 Å². The van der Waals surface area contributed by atoms with E-state index in [0.29, 0.717) is 4.47 Å². The minimum absolute atomic E-state index is 0.0121. The average Bonchev–Trinajstić information content (AvgIpc) is 2.34. The lowest BCUT2D eigenvalue weighted by molar-refractivity contribution is 0.522. The van der Waals surface area contributed by atoms with Gasteiger partial charge in [0.2, 0.25) is 10.0 Å². The van der Waals surface area contributed by atoms with E-state index in [1.165, 1.54) is 0 Å². The zero-order valence-electron chi connectivity index (χ0n) is 10.5. The first-order valence-electron chi connectivity index (χ1n) is 6.03. The van der Waals surface area contributed by atoms with Crippen molar-refractivity contribution in [3.8, 4) is 0 Å². The number of hydrogen-bond acceptors (Lipinski definition) is 2. The number of hydrogen-bond donors (Lipinski definition) is 1. The van der Waals surface area contributed by atoms with Gasteiger partial charge in [-0.1, -0.05) is 28.1 Å². The molecule has 0 spiro atoms. The van der Waals surface area contributed by atoms with Crippen LogP contribution in [0.15, 0.2) is 38.1 Å². The molecule has 0 radical (unpaired) electrons. The van der Waals surface area contributed by atoms with E-state index >= 15 is 0 Å². The van der Waals surface area contributed by atoms with Crippen LogP contribution in [-0.4, -0.2) is 14.5 Å². The molecule has 3 nitrogen and oxygen atoms in total. The zero-order valence-corrected chi connectivity index (χ0v) is 14.5. The maximum Gasteiger partial charge on any atom is 0.241 e. The van der Waals surface area contributed by atoms with Crippen molar-refractivity contribution in [3.05, 3.63) is 38.8 Å². The fourth-order valence-electron chi connectivity index (χ4n) is 2.02. The van der Waals surface area contributed by atoms with Crippen LogP contribution in [0.1, 0.15) is 24.8 Å². The Balaban J connectivity index is 2.29. The summed E-state index contributed by atoms with van der Waals surface area (Å²) in [5, 5.41) is 0. The summed E-state index contributed by atoms with van der Waals surface area (Å²) in [6.07, 6.45) is 6.64. The van der Waals surface area contributed by atoms with Gasteiger partial charge in [-0.05, 0) is 59.8 Å². The first-order valence-corrected chi connectivity index (χ1v) is 9.10. The summed E-state index contributed by atoms with van der Waals surface area (Å²) in [5.41, 5.74) is 0.992. The molecular formula is C13H15Br2NO2S. The number of rotatable bonds is 3. The molecule has 6 heteroatoms. The van der Waals surface area contributed by atoms with Crippen molar-refractivity contribution in [2.45, 2.75) is 37.1 Å². The average molecular weight is 409 g/mol. The number of sulfonamides is 1. The van der Waals surface area contributed by atoms with Crippen LogP contribution in [0.25, 0.3) is 0 Å². The van der Waals surface area contributed by atoms with Gasteiger partial charge in [0.25, 0.3) is 0 Å². The molecule has 1 aliphatic rings. The molecule has 19 heavy (non-hydrogen) atoms. The van der Waals surface area contributed by atoms with Crippen molar-refractivity contribution >= 4 is 41.9 Å². The molecule has 1 unspecified atom stereocenters. The molecule has 0 aromatic heterocycles. The van der Waals surface area contributed by atoms with Gasteiger partial charge < -0.3 is 0 Å². The molecule has 1 N–H and O–H groups in total. The Morgan fingerprint density at radius 2 is 1.95 bits per heavy atom. The molecule has 0 saturated carbocycles. The number of allylic oxidation sites excluding steroid dienone is 1. The molecule has 2 rings (SSSR count). The van der Waals surface area contributed by atoms with Crippen LogP contribution in [-0.2, 0) is 10.0 Å². The first kappa shape index (κ1) is 15.2. The summed E-state index contributed by atoms with van der Waals surface area (Å²) in [6.45, 7) is 1.92. The maximum absolute atomic E-state index is 12.4. The van der Waals surface area contributed by atoms with E-state index in [0.717, 1.165) is 29.3 Å². The van der Waals surface area contributed by atoms with E-state index in [1.807, 2.05) is 13.0 Å². The quantitative estimate of drug-likeness (QED) is 0.770. The van der Waals surface area contributed by atoms with Crippen LogP contribution < -0.4 is 4.72 Å².